The number of hydrogen-bond acceptors (Lipinski definition) is 3. The third-order valence-electron chi connectivity index (χ3n) is 5.26. The van der Waals surface area contributed by atoms with E-state index in [1.54, 1.807) is 0 Å². The van der Waals surface area contributed by atoms with Gasteiger partial charge in [-0.2, -0.15) is 0 Å². The minimum Gasteiger partial charge on any atom is -0.394 e. The number of hydrogen-bond donors (Lipinski definition) is 2. The van der Waals surface area contributed by atoms with Gasteiger partial charge < -0.3 is 20.1 Å². The van der Waals surface area contributed by atoms with Crippen molar-refractivity contribution in [3.8, 4) is 0 Å². The number of aliphatic hydroxyl groups excluding tert-OH is 1. The molecule has 0 radical (unpaired) electrons. The van der Waals surface area contributed by atoms with Crippen LogP contribution in [-0.2, 0) is 4.74 Å². The summed E-state index contributed by atoms with van der Waals surface area (Å²) in [7, 11) is 0. The van der Waals surface area contributed by atoms with Crippen molar-refractivity contribution in [3.05, 3.63) is 0 Å². The van der Waals surface area contributed by atoms with Gasteiger partial charge in [-0.05, 0) is 58.8 Å². The maximum Gasteiger partial charge on any atom is 0.318 e. The molecule has 0 unspecified atom stereocenters. The van der Waals surface area contributed by atoms with Crippen molar-refractivity contribution in [1.29, 1.82) is 0 Å². The second-order valence-electron chi connectivity index (χ2n) is 7.10. The summed E-state index contributed by atoms with van der Waals surface area (Å²) in [6.07, 6.45) is 7.31. The van der Waals surface area contributed by atoms with Gasteiger partial charge in [-0.25, -0.2) is 4.79 Å². The number of amides is 2. The Kier molecular flexibility index (Phi) is 6.09. The zero-order valence-electron chi connectivity index (χ0n) is 14.3. The predicted molar refractivity (Wildman–Crippen MR) is 86.8 cm³/mol. The monoisotopic (exact) mass is 312 g/mol. The lowest BCUT2D eigenvalue weighted by atomic mass is 9.92. The highest BCUT2D eigenvalue weighted by atomic mass is 16.5. The summed E-state index contributed by atoms with van der Waals surface area (Å²) < 4.78 is 5.86. The summed E-state index contributed by atoms with van der Waals surface area (Å²) in [6, 6.07) is 0.245. The molecule has 1 saturated carbocycles. The molecular weight excluding hydrogens is 280 g/mol. The van der Waals surface area contributed by atoms with Crippen LogP contribution in [0.15, 0.2) is 0 Å². The van der Waals surface area contributed by atoms with E-state index in [2.05, 4.69) is 26.1 Å². The van der Waals surface area contributed by atoms with Crippen molar-refractivity contribution < 1.29 is 14.6 Å². The summed E-state index contributed by atoms with van der Waals surface area (Å²) in [4.78, 5) is 14.4. The van der Waals surface area contributed by atoms with Crippen molar-refractivity contribution >= 4 is 6.03 Å². The Balaban J connectivity index is 1.83. The Hall–Kier alpha value is -0.810. The Morgan fingerprint density at radius 1 is 1.36 bits per heavy atom. The predicted octanol–water partition coefficient (Wildman–Crippen LogP) is 2.67. The number of aliphatic hydroxyl groups is 1. The van der Waals surface area contributed by atoms with Crippen LogP contribution in [0.5, 0.6) is 0 Å². The van der Waals surface area contributed by atoms with E-state index in [1.807, 2.05) is 4.90 Å². The van der Waals surface area contributed by atoms with E-state index in [0.717, 1.165) is 51.5 Å². The number of carbonyl (C=O) groups excluding carboxylic acids is 1. The summed E-state index contributed by atoms with van der Waals surface area (Å²) in [5.41, 5.74) is -0.345. The third kappa shape index (κ3) is 3.93. The molecule has 2 amide bonds. The van der Waals surface area contributed by atoms with Gasteiger partial charge in [-0.15, -0.1) is 0 Å². The fourth-order valence-corrected chi connectivity index (χ4v) is 3.88. The first kappa shape index (κ1) is 17.5. The molecule has 2 rings (SSSR count). The Labute approximate surface area is 134 Å². The fraction of sp³-hybridized carbons (Fsp3) is 0.941. The lowest BCUT2D eigenvalue weighted by molar-refractivity contribution is -0.0161. The maximum absolute atomic E-state index is 12.6. The van der Waals surface area contributed by atoms with Gasteiger partial charge >= 0.3 is 6.03 Å². The minimum absolute atomic E-state index is 0.00151. The van der Waals surface area contributed by atoms with Gasteiger partial charge in [-0.1, -0.05) is 6.92 Å². The average Bonchev–Trinajstić information content (AvgIpc) is 2.93. The highest BCUT2D eigenvalue weighted by molar-refractivity contribution is 5.76. The van der Waals surface area contributed by atoms with Crippen LogP contribution >= 0.6 is 0 Å². The molecule has 1 heterocycles. The molecule has 1 saturated heterocycles. The molecule has 1 aliphatic heterocycles. The summed E-state index contributed by atoms with van der Waals surface area (Å²) in [6.45, 7) is 7.01. The van der Waals surface area contributed by atoms with Crippen LogP contribution in [0.25, 0.3) is 0 Å². The van der Waals surface area contributed by atoms with Crippen molar-refractivity contribution in [2.24, 2.45) is 0 Å². The topological polar surface area (TPSA) is 61.8 Å². The zero-order chi connectivity index (χ0) is 16.2. The first-order valence-corrected chi connectivity index (χ1v) is 8.85. The van der Waals surface area contributed by atoms with Gasteiger partial charge in [0.2, 0.25) is 0 Å². The van der Waals surface area contributed by atoms with Gasteiger partial charge in [0.1, 0.15) is 0 Å². The highest BCUT2D eigenvalue weighted by Crippen LogP contribution is 2.32. The fourth-order valence-electron chi connectivity index (χ4n) is 3.88. The van der Waals surface area contributed by atoms with E-state index < -0.39 is 0 Å². The molecule has 0 aromatic carbocycles. The Morgan fingerprint density at radius 3 is 2.59 bits per heavy atom. The molecule has 2 fully saturated rings. The molecule has 0 bridgehead atoms. The molecule has 5 heteroatoms. The Morgan fingerprint density at radius 2 is 2.05 bits per heavy atom. The standard InChI is InChI=1S/C17H32N2O3/c1-4-17(12-20)10-5-11-19(17)16(21)18-14-6-8-15(9-7-14)22-13(2)3/h13-15,20H,4-12H2,1-3H3,(H,18,21)/t14?,15?,17-/m1/s1. The summed E-state index contributed by atoms with van der Waals surface area (Å²) in [5.74, 6) is 0. The normalized spacial score (nSPS) is 32.5. The second kappa shape index (κ2) is 7.64. The zero-order valence-corrected chi connectivity index (χ0v) is 14.3. The van der Waals surface area contributed by atoms with Crippen molar-refractivity contribution in [2.45, 2.75) is 89.5 Å². The minimum atomic E-state index is -0.345. The van der Waals surface area contributed by atoms with E-state index in [1.165, 1.54) is 0 Å². The quantitative estimate of drug-likeness (QED) is 0.820. The molecule has 128 valence electrons. The highest BCUT2D eigenvalue weighted by Gasteiger charge is 2.42. The summed E-state index contributed by atoms with van der Waals surface area (Å²) >= 11 is 0. The Bertz CT molecular complexity index is 361. The van der Waals surface area contributed by atoms with Crippen LogP contribution in [0.1, 0.15) is 65.7 Å². The molecule has 0 aromatic heterocycles. The van der Waals surface area contributed by atoms with E-state index in [9.17, 15) is 9.90 Å². The molecule has 1 aliphatic carbocycles. The van der Waals surface area contributed by atoms with Crippen molar-refractivity contribution in [2.75, 3.05) is 13.2 Å². The third-order valence-corrected chi connectivity index (χ3v) is 5.26. The van der Waals surface area contributed by atoms with Crippen LogP contribution < -0.4 is 5.32 Å². The molecule has 0 spiro atoms. The smallest absolute Gasteiger partial charge is 0.318 e. The molecule has 1 atom stereocenters. The second-order valence-corrected chi connectivity index (χ2v) is 7.10. The van der Waals surface area contributed by atoms with E-state index in [0.29, 0.717) is 6.10 Å². The van der Waals surface area contributed by atoms with Gasteiger partial charge in [0.05, 0.1) is 24.4 Å². The van der Waals surface area contributed by atoms with Crippen LogP contribution in [0.2, 0.25) is 0 Å². The number of nitrogens with one attached hydrogen (secondary N) is 1. The average molecular weight is 312 g/mol. The van der Waals surface area contributed by atoms with Crippen LogP contribution in [0, 0.1) is 0 Å². The largest absolute Gasteiger partial charge is 0.394 e. The van der Waals surface area contributed by atoms with Gasteiger partial charge in [0.25, 0.3) is 0 Å². The van der Waals surface area contributed by atoms with Crippen molar-refractivity contribution in [3.63, 3.8) is 0 Å². The molecule has 0 aromatic rings. The summed E-state index contributed by atoms with van der Waals surface area (Å²) in [5, 5.41) is 12.9. The molecule has 2 N–H and O–H groups in total. The van der Waals surface area contributed by atoms with E-state index >= 15 is 0 Å². The van der Waals surface area contributed by atoms with Crippen molar-refractivity contribution in [1.82, 2.24) is 10.2 Å². The number of urea groups is 1. The van der Waals surface area contributed by atoms with E-state index in [-0.39, 0.29) is 30.3 Å². The molecule has 5 nitrogen and oxygen atoms in total. The lowest BCUT2D eigenvalue weighted by Gasteiger charge is -2.38. The van der Waals surface area contributed by atoms with Gasteiger partial charge in [-0.3, -0.25) is 0 Å². The number of likely N-dealkylation sites (tertiary alicyclic amines) is 1. The number of ether oxygens (including phenoxy) is 1. The van der Waals surface area contributed by atoms with Crippen LogP contribution in [0.3, 0.4) is 0 Å². The number of rotatable bonds is 5. The van der Waals surface area contributed by atoms with E-state index in [4.69, 9.17) is 4.74 Å². The maximum atomic E-state index is 12.6. The van der Waals surface area contributed by atoms with Gasteiger partial charge in [0.15, 0.2) is 0 Å². The first-order valence-electron chi connectivity index (χ1n) is 8.85. The number of nitrogens with zero attached hydrogens (tertiary/aromatic N) is 1. The van der Waals surface area contributed by atoms with Gasteiger partial charge in [0, 0.05) is 12.6 Å². The van der Waals surface area contributed by atoms with Crippen LogP contribution in [-0.4, -0.2) is 53.0 Å². The van der Waals surface area contributed by atoms with Crippen LogP contribution in [0.4, 0.5) is 4.79 Å². The first-order chi connectivity index (χ1) is 10.5. The lowest BCUT2D eigenvalue weighted by Crippen LogP contribution is -2.55. The molecular formula is C17H32N2O3. The SMILES string of the molecule is CC[C@]1(CO)CCCN1C(=O)NC1CCC(OC(C)C)CC1. The molecule has 22 heavy (non-hydrogen) atoms. The number of carbonyl (C=O) groups is 1. The molecule has 2 aliphatic rings.